The summed E-state index contributed by atoms with van der Waals surface area (Å²) < 4.78 is 4.92. The predicted octanol–water partition coefficient (Wildman–Crippen LogP) is 6.81. The van der Waals surface area contributed by atoms with Crippen LogP contribution in [0.2, 0.25) is 0 Å². The molecule has 0 unspecified atom stereocenters. The van der Waals surface area contributed by atoms with Gasteiger partial charge in [-0.05, 0) is 74.1 Å². The predicted molar refractivity (Wildman–Crippen MR) is 155 cm³/mol. The first kappa shape index (κ1) is 24.9. The van der Waals surface area contributed by atoms with Gasteiger partial charge in [0.25, 0.3) is 0 Å². The zero-order valence-corrected chi connectivity index (χ0v) is 22.7. The van der Waals surface area contributed by atoms with Gasteiger partial charge in [-0.2, -0.15) is 0 Å². The molecule has 3 N–H and O–H groups in total. The van der Waals surface area contributed by atoms with Gasteiger partial charge in [0.1, 0.15) is 0 Å². The Balaban J connectivity index is 1.38. The molecule has 0 bridgehead atoms. The van der Waals surface area contributed by atoms with Crippen LogP contribution in [0.25, 0.3) is 33.1 Å². The molecule has 6 nitrogen and oxygen atoms in total. The monoisotopic (exact) mass is 525 g/mol. The van der Waals surface area contributed by atoms with Crippen LogP contribution in [0, 0.1) is 0 Å². The maximum absolute atomic E-state index is 11.9. The summed E-state index contributed by atoms with van der Waals surface area (Å²) in [6.45, 7) is 2.67. The van der Waals surface area contributed by atoms with E-state index in [-0.39, 0.29) is 6.10 Å². The molecule has 2 aromatic heterocycles. The van der Waals surface area contributed by atoms with E-state index in [1.807, 2.05) is 6.07 Å². The van der Waals surface area contributed by atoms with Crippen LogP contribution in [0.5, 0.6) is 0 Å². The molecule has 2 saturated carbocycles. The molecule has 6 heteroatoms. The van der Waals surface area contributed by atoms with Gasteiger partial charge in [0.15, 0.2) is 0 Å². The zero-order chi connectivity index (χ0) is 26.5. The van der Waals surface area contributed by atoms with Crippen LogP contribution in [0.1, 0.15) is 91.6 Å². The van der Waals surface area contributed by atoms with Gasteiger partial charge in [-0.1, -0.05) is 43.5 Å². The highest BCUT2D eigenvalue weighted by Gasteiger charge is 2.29. The Kier molecular flexibility index (Phi) is 6.48. The SMILES string of the molecule is O=C(O)c1ccc2c(C3CCCCC3)c3n(c2c1)CCCn1cc(CN[C@H]2CC[C@H](O)CC2)c2cccc-3c21. The van der Waals surface area contributed by atoms with E-state index >= 15 is 0 Å². The van der Waals surface area contributed by atoms with Crippen LogP contribution >= 0.6 is 0 Å². The van der Waals surface area contributed by atoms with E-state index in [9.17, 15) is 15.0 Å². The standard InChI is InChI=1S/C33H39N3O3/c37-25-13-11-24(12-14-25)34-19-23-20-35-16-5-17-36-29-18-22(33(38)39)10-15-27(29)30(21-6-2-1-3-7-21)32(36)28-9-4-8-26(23)31(28)35/h4,8-10,15,18,20-21,24-25,34,37H,1-3,5-7,11-14,16-17,19H2,(H,38,39)/t24-,25-. The molecule has 2 aliphatic carbocycles. The Hall–Kier alpha value is -3.09. The van der Waals surface area contributed by atoms with Crippen LogP contribution in [0.15, 0.2) is 42.6 Å². The first-order chi connectivity index (χ1) is 19.1. The molecule has 0 radical (unpaired) electrons. The Morgan fingerprint density at radius 2 is 1.74 bits per heavy atom. The first-order valence-corrected chi connectivity index (χ1v) is 15.0. The summed E-state index contributed by atoms with van der Waals surface area (Å²) in [5.41, 5.74) is 8.12. The van der Waals surface area contributed by atoms with E-state index in [4.69, 9.17) is 0 Å². The quantitative estimate of drug-likeness (QED) is 0.268. The smallest absolute Gasteiger partial charge is 0.335 e. The van der Waals surface area contributed by atoms with Crippen molar-refractivity contribution < 1.29 is 15.0 Å². The highest BCUT2D eigenvalue weighted by Crippen LogP contribution is 2.47. The lowest BCUT2D eigenvalue weighted by molar-refractivity contribution is 0.0697. The largest absolute Gasteiger partial charge is 0.478 e. The minimum Gasteiger partial charge on any atom is -0.478 e. The highest BCUT2D eigenvalue weighted by molar-refractivity contribution is 6.03. The number of nitrogens with zero attached hydrogens (tertiary/aromatic N) is 2. The molecule has 3 aliphatic rings. The molecule has 1 aliphatic heterocycles. The van der Waals surface area contributed by atoms with Gasteiger partial charge in [-0.25, -0.2) is 4.79 Å². The molecule has 0 spiro atoms. The second-order valence-corrected chi connectivity index (χ2v) is 12.1. The van der Waals surface area contributed by atoms with Crippen LogP contribution < -0.4 is 5.32 Å². The van der Waals surface area contributed by atoms with E-state index < -0.39 is 5.97 Å². The third-order valence-electron chi connectivity index (χ3n) is 9.66. The molecule has 4 aromatic rings. The van der Waals surface area contributed by atoms with Crippen molar-refractivity contribution in [3.05, 3.63) is 59.3 Å². The molecular weight excluding hydrogens is 486 g/mol. The number of carboxylic acids is 1. The van der Waals surface area contributed by atoms with Crippen LogP contribution in [0.3, 0.4) is 0 Å². The van der Waals surface area contributed by atoms with E-state index in [2.05, 4.69) is 44.9 Å². The number of aliphatic hydroxyl groups excluding tert-OH is 1. The molecule has 3 heterocycles. The number of aromatic nitrogens is 2. The lowest BCUT2D eigenvalue weighted by Gasteiger charge is -2.26. The fourth-order valence-electron chi connectivity index (χ4n) is 7.71. The number of benzene rings is 2. The second-order valence-electron chi connectivity index (χ2n) is 12.1. The number of hydrogen-bond donors (Lipinski definition) is 3. The van der Waals surface area contributed by atoms with Gasteiger partial charge < -0.3 is 24.7 Å². The number of aryl methyl sites for hydroxylation is 2. The fraction of sp³-hybridized carbons (Fsp3) is 0.485. The number of aliphatic hydroxyl groups is 1. The van der Waals surface area contributed by atoms with Crippen molar-refractivity contribution >= 4 is 27.8 Å². The van der Waals surface area contributed by atoms with Gasteiger partial charge in [0.05, 0.1) is 22.9 Å². The minimum atomic E-state index is -0.863. The molecular formula is C33H39N3O3. The lowest BCUT2D eigenvalue weighted by atomic mass is 9.81. The number of para-hydroxylation sites is 1. The summed E-state index contributed by atoms with van der Waals surface area (Å²) >= 11 is 0. The first-order valence-electron chi connectivity index (χ1n) is 15.0. The normalized spacial score (nSPS) is 22.1. The molecule has 39 heavy (non-hydrogen) atoms. The van der Waals surface area contributed by atoms with Crippen molar-refractivity contribution in [1.82, 2.24) is 14.5 Å². The van der Waals surface area contributed by atoms with Crippen molar-refractivity contribution in [3.8, 4) is 11.3 Å². The van der Waals surface area contributed by atoms with Gasteiger partial charge in [-0.3, -0.25) is 0 Å². The minimum absolute atomic E-state index is 0.133. The maximum Gasteiger partial charge on any atom is 0.335 e. The number of hydrogen-bond acceptors (Lipinski definition) is 3. The number of nitrogens with one attached hydrogen (secondary N) is 1. The Morgan fingerprint density at radius 1 is 0.923 bits per heavy atom. The summed E-state index contributed by atoms with van der Waals surface area (Å²) in [6, 6.07) is 13.0. The third-order valence-corrected chi connectivity index (χ3v) is 9.66. The number of carboxylic acid groups (broad SMARTS) is 1. The summed E-state index contributed by atoms with van der Waals surface area (Å²) in [4.78, 5) is 11.9. The average molecular weight is 526 g/mol. The van der Waals surface area contributed by atoms with Gasteiger partial charge >= 0.3 is 5.97 Å². The summed E-state index contributed by atoms with van der Waals surface area (Å²) in [5.74, 6) is -0.354. The highest BCUT2D eigenvalue weighted by atomic mass is 16.4. The molecule has 2 aromatic carbocycles. The van der Waals surface area contributed by atoms with Crippen molar-refractivity contribution in [2.45, 2.75) is 102 Å². The van der Waals surface area contributed by atoms with Gasteiger partial charge in [-0.15, -0.1) is 0 Å². The number of rotatable bonds is 5. The van der Waals surface area contributed by atoms with Crippen molar-refractivity contribution in [2.24, 2.45) is 0 Å². The second kappa shape index (κ2) is 10.1. The zero-order valence-electron chi connectivity index (χ0n) is 22.7. The van der Waals surface area contributed by atoms with Gasteiger partial charge in [0, 0.05) is 53.7 Å². The number of aromatic carboxylic acids is 1. The molecule has 2 fully saturated rings. The van der Waals surface area contributed by atoms with Crippen LogP contribution in [0.4, 0.5) is 0 Å². The molecule has 7 rings (SSSR count). The van der Waals surface area contributed by atoms with Crippen molar-refractivity contribution in [1.29, 1.82) is 0 Å². The van der Waals surface area contributed by atoms with E-state index in [1.165, 1.54) is 70.8 Å². The molecule has 204 valence electrons. The Labute approximate surface area is 229 Å². The summed E-state index contributed by atoms with van der Waals surface area (Å²) in [5, 5.41) is 26.0. The summed E-state index contributed by atoms with van der Waals surface area (Å²) in [7, 11) is 0. The average Bonchev–Trinajstić information content (AvgIpc) is 3.47. The van der Waals surface area contributed by atoms with Gasteiger partial charge in [0.2, 0.25) is 0 Å². The third kappa shape index (κ3) is 4.38. The summed E-state index contributed by atoms with van der Waals surface area (Å²) in [6.07, 6.45) is 13.3. The van der Waals surface area contributed by atoms with Crippen LogP contribution in [-0.2, 0) is 19.6 Å². The van der Waals surface area contributed by atoms with E-state index in [0.717, 1.165) is 57.3 Å². The van der Waals surface area contributed by atoms with Crippen molar-refractivity contribution in [3.63, 3.8) is 0 Å². The Morgan fingerprint density at radius 3 is 2.54 bits per heavy atom. The van der Waals surface area contributed by atoms with Crippen molar-refractivity contribution in [2.75, 3.05) is 0 Å². The maximum atomic E-state index is 11.9. The van der Waals surface area contributed by atoms with Crippen LogP contribution in [-0.4, -0.2) is 37.5 Å². The Bertz CT molecular complexity index is 1530. The number of carbonyl (C=O) groups is 1. The van der Waals surface area contributed by atoms with E-state index in [1.54, 1.807) is 6.07 Å². The topological polar surface area (TPSA) is 79.4 Å². The molecule has 0 saturated heterocycles. The lowest BCUT2D eigenvalue weighted by Crippen LogP contribution is -2.34. The molecule has 0 atom stereocenters. The van der Waals surface area contributed by atoms with E-state index in [0.29, 0.717) is 17.5 Å². The fourth-order valence-corrected chi connectivity index (χ4v) is 7.71. The molecule has 0 amide bonds. The number of fused-ring (bicyclic) bond motifs is 4.